The fraction of sp³-hybridized carbons (Fsp3) is 0.846. The number of nitrogens with one attached hydrogen (secondary N) is 2. The molecule has 1 rings (SSSR count). The van der Waals surface area contributed by atoms with Crippen molar-refractivity contribution < 1.29 is 14.3 Å². The first kappa shape index (κ1) is 15.9. The molecule has 0 unspecified atom stereocenters. The van der Waals surface area contributed by atoms with Crippen LogP contribution in [0.1, 0.15) is 20.3 Å². The Kier molecular flexibility index (Phi) is 6.80. The van der Waals surface area contributed by atoms with Crippen molar-refractivity contribution in [2.24, 2.45) is 5.92 Å². The quantitative estimate of drug-likeness (QED) is 0.666. The smallest absolute Gasteiger partial charge is 0.328 e. The lowest BCUT2D eigenvalue weighted by Crippen LogP contribution is -2.48. The van der Waals surface area contributed by atoms with Crippen molar-refractivity contribution in [2.45, 2.75) is 26.3 Å². The summed E-state index contributed by atoms with van der Waals surface area (Å²) in [5.41, 5.74) is 0. The van der Waals surface area contributed by atoms with E-state index in [4.69, 9.17) is 4.74 Å². The Labute approximate surface area is 114 Å². The average molecular weight is 271 g/mol. The first-order valence-electron chi connectivity index (χ1n) is 6.85. The van der Waals surface area contributed by atoms with E-state index >= 15 is 0 Å². The average Bonchev–Trinajstić information content (AvgIpc) is 2.63. The van der Waals surface area contributed by atoms with E-state index in [1.165, 1.54) is 7.11 Å². The molecule has 0 aromatic rings. The van der Waals surface area contributed by atoms with Crippen LogP contribution in [0.4, 0.5) is 0 Å². The molecule has 0 aliphatic carbocycles. The molecule has 0 spiro atoms. The van der Waals surface area contributed by atoms with Crippen LogP contribution in [0, 0.1) is 5.92 Å². The Bertz CT molecular complexity index is 300. The second kappa shape index (κ2) is 8.12. The Balaban J connectivity index is 2.45. The fourth-order valence-electron chi connectivity index (χ4n) is 2.11. The van der Waals surface area contributed by atoms with Gasteiger partial charge in [0.25, 0.3) is 0 Å². The highest BCUT2D eigenvalue weighted by Crippen LogP contribution is 2.04. The summed E-state index contributed by atoms with van der Waals surface area (Å²) in [4.78, 5) is 25.7. The summed E-state index contributed by atoms with van der Waals surface area (Å²) in [7, 11) is 1.34. The van der Waals surface area contributed by atoms with Gasteiger partial charge in [-0.05, 0) is 25.4 Å². The van der Waals surface area contributed by atoms with Crippen LogP contribution in [0.3, 0.4) is 0 Å². The first-order chi connectivity index (χ1) is 9.04. The number of methoxy groups -OCH3 is 1. The molecule has 1 amide bonds. The second-order valence-corrected chi connectivity index (χ2v) is 5.19. The SMILES string of the molecule is COC(=O)[C@@H](NC(=O)CN1CCCNCC1)C(C)C. The Hall–Kier alpha value is -1.14. The maximum Gasteiger partial charge on any atom is 0.328 e. The summed E-state index contributed by atoms with van der Waals surface area (Å²) < 4.78 is 4.71. The van der Waals surface area contributed by atoms with Gasteiger partial charge in [-0.3, -0.25) is 9.69 Å². The first-order valence-corrected chi connectivity index (χ1v) is 6.85. The lowest BCUT2D eigenvalue weighted by Gasteiger charge is -2.23. The van der Waals surface area contributed by atoms with Crippen molar-refractivity contribution >= 4 is 11.9 Å². The van der Waals surface area contributed by atoms with E-state index < -0.39 is 6.04 Å². The van der Waals surface area contributed by atoms with E-state index in [9.17, 15) is 9.59 Å². The van der Waals surface area contributed by atoms with Gasteiger partial charge >= 0.3 is 5.97 Å². The summed E-state index contributed by atoms with van der Waals surface area (Å²) in [5.74, 6) is -0.492. The summed E-state index contributed by atoms with van der Waals surface area (Å²) in [6, 6.07) is -0.567. The molecule has 110 valence electrons. The Morgan fingerprint density at radius 3 is 2.68 bits per heavy atom. The molecule has 1 heterocycles. The highest BCUT2D eigenvalue weighted by atomic mass is 16.5. The Morgan fingerprint density at radius 1 is 1.32 bits per heavy atom. The van der Waals surface area contributed by atoms with Gasteiger partial charge in [0.2, 0.25) is 5.91 Å². The van der Waals surface area contributed by atoms with E-state index in [1.54, 1.807) is 0 Å². The topological polar surface area (TPSA) is 70.7 Å². The minimum absolute atomic E-state index is 0.0159. The van der Waals surface area contributed by atoms with Gasteiger partial charge in [0.15, 0.2) is 0 Å². The largest absolute Gasteiger partial charge is 0.467 e. The normalized spacial score (nSPS) is 18.7. The molecule has 6 nitrogen and oxygen atoms in total. The zero-order valence-electron chi connectivity index (χ0n) is 12.1. The maximum atomic E-state index is 12.0. The van der Waals surface area contributed by atoms with Crippen LogP contribution in [0.2, 0.25) is 0 Å². The van der Waals surface area contributed by atoms with Gasteiger partial charge in [0.05, 0.1) is 13.7 Å². The van der Waals surface area contributed by atoms with Crippen LogP contribution >= 0.6 is 0 Å². The number of carbonyl (C=O) groups excluding carboxylic acids is 2. The number of ether oxygens (including phenoxy) is 1. The maximum absolute atomic E-state index is 12.0. The second-order valence-electron chi connectivity index (χ2n) is 5.19. The van der Waals surface area contributed by atoms with Crippen LogP contribution in [-0.2, 0) is 14.3 Å². The van der Waals surface area contributed by atoms with E-state index in [-0.39, 0.29) is 17.8 Å². The van der Waals surface area contributed by atoms with Crippen LogP contribution in [0.25, 0.3) is 0 Å². The van der Waals surface area contributed by atoms with E-state index in [0.717, 1.165) is 32.6 Å². The van der Waals surface area contributed by atoms with Crippen molar-refractivity contribution in [3.63, 3.8) is 0 Å². The number of hydrogen-bond donors (Lipinski definition) is 2. The summed E-state index contributed by atoms with van der Waals surface area (Å²) >= 11 is 0. The summed E-state index contributed by atoms with van der Waals surface area (Å²) in [5, 5.41) is 6.05. The lowest BCUT2D eigenvalue weighted by molar-refractivity contribution is -0.146. The van der Waals surface area contributed by atoms with Crippen molar-refractivity contribution in [2.75, 3.05) is 39.8 Å². The minimum Gasteiger partial charge on any atom is -0.467 e. The molecule has 2 N–H and O–H groups in total. The molecule has 0 aromatic heterocycles. The van der Waals surface area contributed by atoms with Gasteiger partial charge in [-0.25, -0.2) is 4.79 Å². The molecule has 0 bridgehead atoms. The minimum atomic E-state index is -0.567. The molecule has 0 aromatic carbocycles. The van der Waals surface area contributed by atoms with Crippen molar-refractivity contribution in [1.29, 1.82) is 0 Å². The van der Waals surface area contributed by atoms with Crippen LogP contribution in [0.15, 0.2) is 0 Å². The monoisotopic (exact) mass is 271 g/mol. The van der Waals surface area contributed by atoms with Crippen LogP contribution in [0.5, 0.6) is 0 Å². The number of carbonyl (C=O) groups is 2. The predicted octanol–water partition coefficient (Wildman–Crippen LogP) is -0.404. The predicted molar refractivity (Wildman–Crippen MR) is 72.7 cm³/mol. The molecule has 1 aliphatic rings. The molecule has 1 fully saturated rings. The number of nitrogens with zero attached hydrogens (tertiary/aromatic N) is 1. The third-order valence-corrected chi connectivity index (χ3v) is 3.24. The van der Waals surface area contributed by atoms with Gasteiger partial charge < -0.3 is 15.4 Å². The zero-order valence-corrected chi connectivity index (χ0v) is 12.1. The Morgan fingerprint density at radius 2 is 2.05 bits per heavy atom. The van der Waals surface area contributed by atoms with Gasteiger partial charge in [0.1, 0.15) is 6.04 Å². The summed E-state index contributed by atoms with van der Waals surface area (Å²) in [6.07, 6.45) is 1.04. The molecule has 1 aliphatic heterocycles. The molecule has 19 heavy (non-hydrogen) atoms. The molecule has 0 radical (unpaired) electrons. The number of rotatable bonds is 5. The van der Waals surface area contributed by atoms with Gasteiger partial charge in [0, 0.05) is 13.1 Å². The zero-order chi connectivity index (χ0) is 14.3. The molecule has 1 saturated heterocycles. The van der Waals surface area contributed by atoms with Gasteiger partial charge in [-0.15, -0.1) is 0 Å². The number of esters is 1. The molecular weight excluding hydrogens is 246 g/mol. The third-order valence-electron chi connectivity index (χ3n) is 3.24. The lowest BCUT2D eigenvalue weighted by atomic mass is 10.0. The molecule has 6 heteroatoms. The van der Waals surface area contributed by atoms with Crippen molar-refractivity contribution in [1.82, 2.24) is 15.5 Å². The molecule has 0 saturated carbocycles. The van der Waals surface area contributed by atoms with Crippen LogP contribution in [-0.4, -0.2) is 62.7 Å². The molecule has 1 atom stereocenters. The standard InChI is InChI=1S/C13H25N3O3/c1-10(2)12(13(18)19-3)15-11(17)9-16-7-4-5-14-6-8-16/h10,12,14H,4-9H2,1-3H3,(H,15,17)/t12-/m0/s1. The highest BCUT2D eigenvalue weighted by Gasteiger charge is 2.25. The fourth-order valence-corrected chi connectivity index (χ4v) is 2.11. The van der Waals surface area contributed by atoms with E-state index in [0.29, 0.717) is 6.54 Å². The van der Waals surface area contributed by atoms with Crippen molar-refractivity contribution in [3.05, 3.63) is 0 Å². The van der Waals surface area contributed by atoms with Crippen molar-refractivity contribution in [3.8, 4) is 0 Å². The number of hydrogen-bond acceptors (Lipinski definition) is 5. The van der Waals surface area contributed by atoms with Gasteiger partial charge in [-0.2, -0.15) is 0 Å². The molecular formula is C13H25N3O3. The van der Waals surface area contributed by atoms with Gasteiger partial charge in [-0.1, -0.05) is 13.8 Å². The number of amides is 1. The van der Waals surface area contributed by atoms with Crippen LogP contribution < -0.4 is 10.6 Å². The highest BCUT2D eigenvalue weighted by molar-refractivity contribution is 5.85. The van der Waals surface area contributed by atoms with E-state index in [2.05, 4.69) is 15.5 Å². The third kappa shape index (κ3) is 5.57. The van der Waals surface area contributed by atoms with E-state index in [1.807, 2.05) is 13.8 Å². The summed E-state index contributed by atoms with van der Waals surface area (Å²) in [6.45, 7) is 7.77.